The van der Waals surface area contributed by atoms with Crippen molar-refractivity contribution >= 4 is 28.7 Å². The number of carboxylic acids is 1. The van der Waals surface area contributed by atoms with Crippen LogP contribution in [0.25, 0.3) is 11.0 Å². The molecule has 0 atom stereocenters. The second kappa shape index (κ2) is 5.93. The van der Waals surface area contributed by atoms with Crippen LogP contribution in [-0.2, 0) is 5.75 Å². The number of aliphatic hydroxyl groups excluding tert-OH is 1. The third kappa shape index (κ3) is 3.05. The molecule has 0 aliphatic carbocycles. The van der Waals surface area contributed by atoms with Gasteiger partial charge >= 0.3 is 5.97 Å². The fourth-order valence-electron chi connectivity index (χ4n) is 1.64. The van der Waals surface area contributed by atoms with Gasteiger partial charge in [-0.3, -0.25) is 0 Å². The molecule has 0 radical (unpaired) electrons. The van der Waals surface area contributed by atoms with E-state index in [0.717, 1.165) is 28.9 Å². The molecule has 1 aromatic carbocycles. The topological polar surface area (TPSA) is 70.7 Å². The Balaban J connectivity index is 2.09. The molecule has 1 aromatic heterocycles. The third-order valence-corrected chi connectivity index (χ3v) is 3.62. The van der Waals surface area contributed by atoms with E-state index in [1.54, 1.807) is 23.9 Å². The van der Waals surface area contributed by atoms with E-state index in [-0.39, 0.29) is 12.4 Å². The number of furan rings is 1. The Kier molecular flexibility index (Phi) is 4.28. The lowest BCUT2D eigenvalue weighted by molar-refractivity contribution is 0.0665. The van der Waals surface area contributed by atoms with Crippen molar-refractivity contribution < 1.29 is 19.4 Å². The summed E-state index contributed by atoms with van der Waals surface area (Å²) in [6.07, 6.45) is 0.793. The minimum atomic E-state index is -1.05. The second-order valence-electron chi connectivity index (χ2n) is 3.92. The van der Waals surface area contributed by atoms with Crippen molar-refractivity contribution in [3.63, 3.8) is 0 Å². The lowest BCUT2D eigenvalue weighted by atomic mass is 10.2. The number of fused-ring (bicyclic) bond motifs is 1. The highest BCUT2D eigenvalue weighted by atomic mass is 32.2. The predicted octanol–water partition coefficient (Wildman–Crippen LogP) is 2.75. The summed E-state index contributed by atoms with van der Waals surface area (Å²) in [5.41, 5.74) is 1.72. The fraction of sp³-hybridized carbons (Fsp3) is 0.308. The quantitative estimate of drug-likeness (QED) is 0.787. The summed E-state index contributed by atoms with van der Waals surface area (Å²) in [4.78, 5) is 10.8. The number of carbonyl (C=O) groups is 1. The van der Waals surface area contributed by atoms with Gasteiger partial charge in [-0.1, -0.05) is 6.07 Å². The zero-order valence-corrected chi connectivity index (χ0v) is 10.6. The van der Waals surface area contributed by atoms with Crippen molar-refractivity contribution in [2.24, 2.45) is 0 Å². The summed E-state index contributed by atoms with van der Waals surface area (Å²) in [6.45, 7) is 0.218. The van der Waals surface area contributed by atoms with Gasteiger partial charge in [-0.2, -0.15) is 11.8 Å². The Labute approximate surface area is 109 Å². The van der Waals surface area contributed by atoms with Crippen molar-refractivity contribution in [3.8, 4) is 0 Å². The van der Waals surface area contributed by atoms with Crippen LogP contribution in [0.3, 0.4) is 0 Å². The summed E-state index contributed by atoms with van der Waals surface area (Å²) in [7, 11) is 0. The molecule has 0 aliphatic rings. The molecule has 0 aliphatic heterocycles. The Morgan fingerprint density at radius 3 is 2.89 bits per heavy atom. The molecule has 4 nitrogen and oxygen atoms in total. The molecular formula is C13H14O4S. The van der Waals surface area contributed by atoms with Crippen molar-refractivity contribution in [2.45, 2.75) is 12.2 Å². The van der Waals surface area contributed by atoms with Gasteiger partial charge in [-0.05, 0) is 35.9 Å². The molecule has 5 heteroatoms. The lowest BCUT2D eigenvalue weighted by Gasteiger charge is -2.00. The van der Waals surface area contributed by atoms with Crippen LogP contribution in [0.5, 0.6) is 0 Å². The lowest BCUT2D eigenvalue weighted by Crippen LogP contribution is -1.91. The first-order valence-electron chi connectivity index (χ1n) is 5.65. The van der Waals surface area contributed by atoms with Gasteiger partial charge in [-0.15, -0.1) is 0 Å². The summed E-state index contributed by atoms with van der Waals surface area (Å²) in [6, 6.07) is 7.21. The Morgan fingerprint density at radius 2 is 2.17 bits per heavy atom. The summed E-state index contributed by atoms with van der Waals surface area (Å²) < 4.78 is 5.19. The van der Waals surface area contributed by atoms with E-state index in [4.69, 9.17) is 14.6 Å². The van der Waals surface area contributed by atoms with Gasteiger partial charge in [-0.25, -0.2) is 4.79 Å². The molecule has 2 rings (SSSR count). The Morgan fingerprint density at radius 1 is 1.33 bits per heavy atom. The number of thioether (sulfide) groups is 1. The van der Waals surface area contributed by atoms with E-state index in [9.17, 15) is 4.79 Å². The molecule has 0 amide bonds. The molecule has 18 heavy (non-hydrogen) atoms. The van der Waals surface area contributed by atoms with Gasteiger partial charge < -0.3 is 14.6 Å². The first-order valence-corrected chi connectivity index (χ1v) is 6.80. The normalized spacial score (nSPS) is 10.9. The number of hydrogen-bond acceptors (Lipinski definition) is 4. The van der Waals surface area contributed by atoms with Crippen molar-refractivity contribution in [2.75, 3.05) is 12.4 Å². The molecule has 0 saturated heterocycles. The van der Waals surface area contributed by atoms with E-state index < -0.39 is 5.97 Å². The highest BCUT2D eigenvalue weighted by Gasteiger charge is 2.10. The van der Waals surface area contributed by atoms with Crippen LogP contribution >= 0.6 is 11.8 Å². The minimum absolute atomic E-state index is 0.0323. The van der Waals surface area contributed by atoms with Gasteiger partial charge in [0.05, 0.1) is 0 Å². The Bertz CT molecular complexity index is 547. The second-order valence-corrected chi connectivity index (χ2v) is 5.02. The first-order chi connectivity index (χ1) is 8.70. The molecular weight excluding hydrogens is 252 g/mol. The van der Waals surface area contributed by atoms with Crippen LogP contribution in [0, 0.1) is 0 Å². The zero-order valence-electron chi connectivity index (χ0n) is 9.76. The van der Waals surface area contributed by atoms with E-state index in [2.05, 4.69) is 0 Å². The fourth-order valence-corrected chi connectivity index (χ4v) is 2.54. The predicted molar refractivity (Wildman–Crippen MR) is 71.0 cm³/mol. The number of benzene rings is 1. The molecule has 0 unspecified atom stereocenters. The molecule has 1 heterocycles. The maximum Gasteiger partial charge on any atom is 0.371 e. The van der Waals surface area contributed by atoms with Gasteiger partial charge in [0.25, 0.3) is 0 Å². The average Bonchev–Trinajstić information content (AvgIpc) is 2.78. The summed E-state index contributed by atoms with van der Waals surface area (Å²) in [5, 5.41) is 18.3. The van der Waals surface area contributed by atoms with Gasteiger partial charge in [0.1, 0.15) is 5.58 Å². The molecule has 0 bridgehead atoms. The maximum absolute atomic E-state index is 10.8. The largest absolute Gasteiger partial charge is 0.475 e. The first kappa shape index (κ1) is 13.0. The molecule has 2 N–H and O–H groups in total. The third-order valence-electron chi connectivity index (χ3n) is 2.51. The summed E-state index contributed by atoms with van der Waals surface area (Å²) in [5.74, 6) is 0.684. The Hall–Kier alpha value is -1.46. The van der Waals surface area contributed by atoms with E-state index >= 15 is 0 Å². The van der Waals surface area contributed by atoms with Crippen LogP contribution in [0.1, 0.15) is 22.5 Å². The SMILES string of the molecule is O=C(O)c1cc2cc(CSCCCO)ccc2o1. The van der Waals surface area contributed by atoms with Crippen LogP contribution < -0.4 is 0 Å². The van der Waals surface area contributed by atoms with Crippen LogP contribution in [0.2, 0.25) is 0 Å². The molecule has 96 valence electrons. The van der Waals surface area contributed by atoms with E-state index in [1.807, 2.05) is 12.1 Å². The number of aliphatic hydroxyl groups is 1. The van der Waals surface area contributed by atoms with Crippen molar-refractivity contribution in [1.82, 2.24) is 0 Å². The maximum atomic E-state index is 10.8. The molecule has 2 aromatic rings. The number of carboxylic acid groups (broad SMARTS) is 1. The highest BCUT2D eigenvalue weighted by molar-refractivity contribution is 7.98. The molecule has 0 spiro atoms. The van der Waals surface area contributed by atoms with E-state index in [1.165, 1.54) is 0 Å². The zero-order chi connectivity index (χ0) is 13.0. The van der Waals surface area contributed by atoms with E-state index in [0.29, 0.717) is 5.58 Å². The highest BCUT2D eigenvalue weighted by Crippen LogP contribution is 2.23. The van der Waals surface area contributed by atoms with Gasteiger partial charge in [0, 0.05) is 17.7 Å². The van der Waals surface area contributed by atoms with Crippen LogP contribution in [0.15, 0.2) is 28.7 Å². The monoisotopic (exact) mass is 266 g/mol. The number of aromatic carboxylic acids is 1. The van der Waals surface area contributed by atoms with Crippen molar-refractivity contribution in [3.05, 3.63) is 35.6 Å². The average molecular weight is 266 g/mol. The number of hydrogen-bond donors (Lipinski definition) is 2. The minimum Gasteiger partial charge on any atom is -0.475 e. The van der Waals surface area contributed by atoms with Crippen LogP contribution in [0.4, 0.5) is 0 Å². The van der Waals surface area contributed by atoms with Gasteiger partial charge in [0.15, 0.2) is 0 Å². The van der Waals surface area contributed by atoms with Crippen molar-refractivity contribution in [1.29, 1.82) is 0 Å². The van der Waals surface area contributed by atoms with Gasteiger partial charge in [0.2, 0.25) is 5.76 Å². The number of rotatable bonds is 6. The standard InChI is InChI=1S/C13H14O4S/c14-4-1-5-18-8-9-2-3-11-10(6-9)7-12(17-11)13(15)16/h2-3,6-7,14H,1,4-5,8H2,(H,15,16). The summed E-state index contributed by atoms with van der Waals surface area (Å²) >= 11 is 1.75. The molecule has 0 saturated carbocycles. The smallest absolute Gasteiger partial charge is 0.371 e. The van der Waals surface area contributed by atoms with Crippen LogP contribution in [-0.4, -0.2) is 28.5 Å². The molecule has 0 fully saturated rings.